The van der Waals surface area contributed by atoms with Crippen LogP contribution in [0.25, 0.3) is 0 Å². The second kappa shape index (κ2) is 10.9. The maximum atomic E-state index is 5.27. The average Bonchev–Trinajstić information content (AvgIpc) is 3.24. The molecule has 0 aliphatic heterocycles. The molecule has 0 aliphatic carbocycles. The third-order valence-corrected chi connectivity index (χ3v) is 5.03. The first kappa shape index (κ1) is 22.9. The van der Waals surface area contributed by atoms with E-state index in [2.05, 4.69) is 72.9 Å². The van der Waals surface area contributed by atoms with Crippen LogP contribution in [-0.2, 0) is 11.8 Å². The Kier molecular flexibility index (Phi) is 9.56. The first-order valence-corrected chi connectivity index (χ1v) is 9.69. The predicted molar refractivity (Wildman–Crippen MR) is 119 cm³/mol. The quantitative estimate of drug-likeness (QED) is 0.332. The SMILES string of the molecule is CCNC(=NCC(C)(C)c1cccs1)NCCc1nc(C(C)C)no1.I. The summed E-state index contributed by atoms with van der Waals surface area (Å²) in [7, 11) is 0. The van der Waals surface area contributed by atoms with Crippen molar-refractivity contribution >= 4 is 41.3 Å². The largest absolute Gasteiger partial charge is 0.357 e. The molecule has 0 atom stereocenters. The summed E-state index contributed by atoms with van der Waals surface area (Å²) in [6.07, 6.45) is 0.679. The Morgan fingerprint density at radius 2 is 2.12 bits per heavy atom. The summed E-state index contributed by atoms with van der Waals surface area (Å²) >= 11 is 1.78. The second-order valence-corrected chi connectivity index (χ2v) is 7.88. The van der Waals surface area contributed by atoms with Gasteiger partial charge in [-0.05, 0) is 18.4 Å². The van der Waals surface area contributed by atoms with Gasteiger partial charge in [0.1, 0.15) is 0 Å². The fraction of sp³-hybridized carbons (Fsp3) is 0.611. The maximum Gasteiger partial charge on any atom is 0.228 e. The molecule has 0 aliphatic rings. The zero-order chi connectivity index (χ0) is 18.3. The molecule has 26 heavy (non-hydrogen) atoms. The van der Waals surface area contributed by atoms with E-state index in [1.54, 1.807) is 11.3 Å². The molecule has 0 saturated carbocycles. The fourth-order valence-corrected chi connectivity index (χ4v) is 3.10. The number of guanidine groups is 1. The Hall–Kier alpha value is -1.16. The molecule has 0 unspecified atom stereocenters. The fourth-order valence-electron chi connectivity index (χ4n) is 2.25. The molecule has 0 aromatic carbocycles. The normalized spacial score (nSPS) is 12.2. The Balaban J connectivity index is 0.00000338. The van der Waals surface area contributed by atoms with Crippen molar-refractivity contribution in [2.24, 2.45) is 4.99 Å². The van der Waals surface area contributed by atoms with E-state index in [1.807, 2.05) is 0 Å². The zero-order valence-electron chi connectivity index (χ0n) is 16.2. The minimum absolute atomic E-state index is 0. The molecule has 2 aromatic rings. The lowest BCUT2D eigenvalue weighted by molar-refractivity contribution is 0.371. The van der Waals surface area contributed by atoms with E-state index in [9.17, 15) is 0 Å². The molecule has 6 nitrogen and oxygen atoms in total. The predicted octanol–water partition coefficient (Wildman–Crippen LogP) is 3.95. The van der Waals surface area contributed by atoms with Crippen molar-refractivity contribution in [3.05, 3.63) is 34.1 Å². The monoisotopic (exact) mass is 491 g/mol. The van der Waals surface area contributed by atoms with Crippen LogP contribution in [0.15, 0.2) is 27.0 Å². The molecule has 0 amide bonds. The van der Waals surface area contributed by atoms with E-state index < -0.39 is 0 Å². The van der Waals surface area contributed by atoms with Crippen LogP contribution in [0.4, 0.5) is 0 Å². The highest BCUT2D eigenvalue weighted by atomic mass is 127. The standard InChI is InChI=1S/C18H29N5OS.HI/c1-6-19-17(21-12-18(4,5)14-8-7-11-25-14)20-10-9-15-22-16(13(2)3)23-24-15;/h7-8,11,13H,6,9-10,12H2,1-5H3,(H2,19,20,21);1H. The number of nitrogens with one attached hydrogen (secondary N) is 2. The number of nitrogens with zero attached hydrogens (tertiary/aromatic N) is 3. The summed E-state index contributed by atoms with van der Waals surface area (Å²) in [5, 5.41) is 12.7. The lowest BCUT2D eigenvalue weighted by Gasteiger charge is -2.21. The first-order chi connectivity index (χ1) is 11.9. The summed E-state index contributed by atoms with van der Waals surface area (Å²) in [4.78, 5) is 10.5. The Labute approximate surface area is 177 Å². The lowest BCUT2D eigenvalue weighted by Crippen LogP contribution is -2.39. The van der Waals surface area contributed by atoms with Crippen LogP contribution in [-0.4, -0.2) is 35.7 Å². The van der Waals surface area contributed by atoms with Gasteiger partial charge in [0, 0.05) is 35.7 Å². The van der Waals surface area contributed by atoms with Crippen molar-refractivity contribution in [1.29, 1.82) is 0 Å². The van der Waals surface area contributed by atoms with Crippen LogP contribution in [0.1, 0.15) is 57.1 Å². The summed E-state index contributed by atoms with van der Waals surface area (Å²) in [6, 6.07) is 4.26. The highest BCUT2D eigenvalue weighted by molar-refractivity contribution is 14.0. The highest BCUT2D eigenvalue weighted by Gasteiger charge is 2.21. The first-order valence-electron chi connectivity index (χ1n) is 8.81. The van der Waals surface area contributed by atoms with Crippen molar-refractivity contribution in [1.82, 2.24) is 20.8 Å². The Bertz CT molecular complexity index is 667. The van der Waals surface area contributed by atoms with Gasteiger partial charge in [-0.15, -0.1) is 35.3 Å². The van der Waals surface area contributed by atoms with Gasteiger partial charge in [0.05, 0.1) is 6.54 Å². The topological polar surface area (TPSA) is 75.3 Å². The molecule has 2 heterocycles. The van der Waals surface area contributed by atoms with E-state index in [0.717, 1.165) is 24.9 Å². The maximum absolute atomic E-state index is 5.27. The van der Waals surface area contributed by atoms with E-state index in [1.165, 1.54) is 4.88 Å². The minimum Gasteiger partial charge on any atom is -0.357 e. The molecule has 146 valence electrons. The van der Waals surface area contributed by atoms with E-state index in [-0.39, 0.29) is 35.3 Å². The van der Waals surface area contributed by atoms with Gasteiger partial charge in [0.25, 0.3) is 0 Å². The van der Waals surface area contributed by atoms with Gasteiger partial charge in [-0.1, -0.05) is 38.9 Å². The van der Waals surface area contributed by atoms with Crippen LogP contribution in [0.5, 0.6) is 0 Å². The lowest BCUT2D eigenvalue weighted by atomic mass is 9.92. The second-order valence-electron chi connectivity index (χ2n) is 6.93. The molecule has 0 saturated heterocycles. The molecule has 2 rings (SSSR count). The molecular formula is C18H30IN5OS. The van der Waals surface area contributed by atoms with Crippen LogP contribution in [0.2, 0.25) is 0 Å². The summed E-state index contributed by atoms with van der Waals surface area (Å²) in [6.45, 7) is 12.9. The highest BCUT2D eigenvalue weighted by Crippen LogP contribution is 2.27. The van der Waals surface area contributed by atoms with Gasteiger partial charge in [-0.2, -0.15) is 4.98 Å². The van der Waals surface area contributed by atoms with Crippen molar-refractivity contribution in [3.63, 3.8) is 0 Å². The molecule has 8 heteroatoms. The van der Waals surface area contributed by atoms with Gasteiger partial charge < -0.3 is 15.2 Å². The third-order valence-electron chi connectivity index (χ3n) is 3.80. The van der Waals surface area contributed by atoms with Crippen LogP contribution < -0.4 is 10.6 Å². The summed E-state index contributed by atoms with van der Waals surface area (Å²) < 4.78 is 5.27. The van der Waals surface area contributed by atoms with Gasteiger partial charge in [-0.3, -0.25) is 4.99 Å². The molecule has 0 radical (unpaired) electrons. The summed E-state index contributed by atoms with van der Waals surface area (Å²) in [5.74, 6) is 2.51. The number of thiophene rings is 1. The number of hydrogen-bond acceptors (Lipinski definition) is 5. The van der Waals surface area contributed by atoms with Crippen LogP contribution in [0, 0.1) is 0 Å². The molecule has 2 N–H and O–H groups in total. The zero-order valence-corrected chi connectivity index (χ0v) is 19.4. The van der Waals surface area contributed by atoms with Crippen LogP contribution >= 0.6 is 35.3 Å². The number of aromatic nitrogens is 2. The van der Waals surface area contributed by atoms with Gasteiger partial charge in [-0.25, -0.2) is 0 Å². The van der Waals surface area contributed by atoms with Crippen molar-refractivity contribution in [2.45, 2.75) is 52.4 Å². The molecule has 0 bridgehead atoms. The van der Waals surface area contributed by atoms with Gasteiger partial charge >= 0.3 is 0 Å². The Morgan fingerprint density at radius 3 is 2.69 bits per heavy atom. The molecule has 2 aromatic heterocycles. The number of aliphatic imine (C=N–C) groups is 1. The minimum atomic E-state index is 0. The number of hydrogen-bond donors (Lipinski definition) is 2. The van der Waals surface area contributed by atoms with Gasteiger partial charge in [0.15, 0.2) is 11.8 Å². The van der Waals surface area contributed by atoms with E-state index in [0.29, 0.717) is 18.9 Å². The van der Waals surface area contributed by atoms with Crippen molar-refractivity contribution < 1.29 is 4.52 Å². The van der Waals surface area contributed by atoms with Crippen LogP contribution in [0.3, 0.4) is 0 Å². The third kappa shape index (κ3) is 6.86. The average molecular weight is 491 g/mol. The van der Waals surface area contributed by atoms with E-state index in [4.69, 9.17) is 9.52 Å². The van der Waals surface area contributed by atoms with E-state index >= 15 is 0 Å². The Morgan fingerprint density at radius 1 is 1.35 bits per heavy atom. The molecule has 0 spiro atoms. The van der Waals surface area contributed by atoms with Crippen molar-refractivity contribution in [3.8, 4) is 0 Å². The molecule has 0 fully saturated rings. The number of halogens is 1. The smallest absolute Gasteiger partial charge is 0.228 e. The van der Waals surface area contributed by atoms with Gasteiger partial charge in [0.2, 0.25) is 5.89 Å². The summed E-state index contributed by atoms with van der Waals surface area (Å²) in [5.41, 5.74) is 0.0230. The molecular weight excluding hydrogens is 461 g/mol. The van der Waals surface area contributed by atoms with Crippen molar-refractivity contribution in [2.75, 3.05) is 19.6 Å². The number of rotatable bonds is 8.